The largest absolute Gasteiger partial charge is 0.485 e. The zero-order valence-electron chi connectivity index (χ0n) is 18.4. The van der Waals surface area contributed by atoms with Crippen molar-refractivity contribution in [1.29, 1.82) is 0 Å². The van der Waals surface area contributed by atoms with Crippen molar-refractivity contribution in [2.45, 2.75) is 26.6 Å². The molecule has 0 aliphatic carbocycles. The van der Waals surface area contributed by atoms with Gasteiger partial charge in [0.25, 0.3) is 0 Å². The third kappa shape index (κ3) is 4.40. The van der Waals surface area contributed by atoms with Crippen LogP contribution in [0.25, 0.3) is 0 Å². The Hall–Kier alpha value is -2.59. The zero-order chi connectivity index (χ0) is 22.0. The first kappa shape index (κ1) is 21.6. The summed E-state index contributed by atoms with van der Waals surface area (Å²) in [5, 5.41) is 4.75. The van der Waals surface area contributed by atoms with Gasteiger partial charge in [0.2, 0.25) is 0 Å². The van der Waals surface area contributed by atoms with E-state index in [9.17, 15) is 4.79 Å². The molecule has 4 rings (SSSR count). The molecule has 3 heterocycles. The lowest BCUT2D eigenvalue weighted by Crippen LogP contribution is -2.53. The number of aromatic nitrogens is 3. The summed E-state index contributed by atoms with van der Waals surface area (Å²) in [6.07, 6.45) is -0.314. The van der Waals surface area contributed by atoms with Crippen LogP contribution in [0.2, 0.25) is 0 Å². The maximum atomic E-state index is 12.6. The van der Waals surface area contributed by atoms with Crippen molar-refractivity contribution in [3.63, 3.8) is 0 Å². The Bertz CT molecular complexity index is 978. The van der Waals surface area contributed by atoms with Crippen LogP contribution in [-0.2, 0) is 13.7 Å². The van der Waals surface area contributed by atoms with Crippen molar-refractivity contribution in [1.82, 2.24) is 29.0 Å². The van der Waals surface area contributed by atoms with Crippen molar-refractivity contribution in [2.24, 2.45) is 7.05 Å². The van der Waals surface area contributed by atoms with E-state index in [0.29, 0.717) is 36.9 Å². The van der Waals surface area contributed by atoms with Gasteiger partial charge in [0.15, 0.2) is 28.2 Å². The van der Waals surface area contributed by atoms with Gasteiger partial charge in [0, 0.05) is 46.3 Å². The van der Waals surface area contributed by atoms with E-state index < -0.39 is 0 Å². The van der Waals surface area contributed by atoms with Crippen molar-refractivity contribution < 1.29 is 14.3 Å². The van der Waals surface area contributed by atoms with Crippen LogP contribution < -0.4 is 9.47 Å². The first-order valence-electron chi connectivity index (χ1n) is 10.8. The van der Waals surface area contributed by atoms with Gasteiger partial charge >= 0.3 is 6.03 Å². The molecule has 1 saturated heterocycles. The number of hydrogen-bond acceptors (Lipinski definition) is 6. The van der Waals surface area contributed by atoms with E-state index in [1.807, 2.05) is 64.2 Å². The summed E-state index contributed by atoms with van der Waals surface area (Å²) >= 11 is 5.63. The fourth-order valence-corrected chi connectivity index (χ4v) is 4.18. The van der Waals surface area contributed by atoms with Crippen LogP contribution in [0.15, 0.2) is 24.3 Å². The van der Waals surface area contributed by atoms with Gasteiger partial charge in [0.05, 0.1) is 6.67 Å². The minimum atomic E-state index is -0.314. The molecule has 2 amide bonds. The average Bonchev–Trinajstić information content (AvgIpc) is 3.08. The molecule has 1 aromatic heterocycles. The highest BCUT2D eigenvalue weighted by Crippen LogP contribution is 2.35. The number of carbonyl (C=O) groups excluding carboxylic acids is 1. The maximum absolute atomic E-state index is 12.6. The van der Waals surface area contributed by atoms with E-state index in [0.717, 1.165) is 37.8 Å². The van der Waals surface area contributed by atoms with E-state index in [1.54, 1.807) is 0 Å². The van der Waals surface area contributed by atoms with Crippen LogP contribution in [0.4, 0.5) is 4.79 Å². The van der Waals surface area contributed by atoms with Crippen molar-refractivity contribution >= 4 is 18.2 Å². The second kappa shape index (κ2) is 9.27. The Morgan fingerprint density at radius 1 is 1.16 bits per heavy atom. The Morgan fingerprint density at radius 3 is 2.52 bits per heavy atom. The topological polar surface area (TPSA) is 68.0 Å². The highest BCUT2D eigenvalue weighted by molar-refractivity contribution is 7.71. The van der Waals surface area contributed by atoms with Crippen LogP contribution in [0.1, 0.15) is 25.8 Å². The molecule has 1 fully saturated rings. The van der Waals surface area contributed by atoms with E-state index in [-0.39, 0.29) is 12.1 Å². The Labute approximate surface area is 187 Å². The van der Waals surface area contributed by atoms with E-state index in [2.05, 4.69) is 4.90 Å². The molecule has 168 valence electrons. The number of carbonyl (C=O) groups is 1. The minimum Gasteiger partial charge on any atom is -0.485 e. The maximum Gasteiger partial charge on any atom is 0.320 e. The van der Waals surface area contributed by atoms with Gasteiger partial charge in [-0.25, -0.2) is 9.48 Å². The van der Waals surface area contributed by atoms with Crippen LogP contribution in [0.5, 0.6) is 11.5 Å². The molecular formula is C21H30N6O3S. The van der Waals surface area contributed by atoms with Gasteiger partial charge in [0.1, 0.15) is 6.61 Å². The third-order valence-corrected chi connectivity index (χ3v) is 6.37. The summed E-state index contributed by atoms with van der Waals surface area (Å²) in [5.74, 6) is 2.21. The fourth-order valence-electron chi connectivity index (χ4n) is 3.99. The first-order chi connectivity index (χ1) is 15.0. The lowest BCUT2D eigenvalue weighted by molar-refractivity contribution is 0.0807. The van der Waals surface area contributed by atoms with E-state index in [4.69, 9.17) is 26.8 Å². The molecule has 31 heavy (non-hydrogen) atoms. The number of piperazine rings is 1. The molecule has 10 heteroatoms. The summed E-state index contributed by atoms with van der Waals surface area (Å²) in [4.78, 5) is 18.6. The first-order valence-corrected chi connectivity index (χ1v) is 11.2. The molecule has 0 N–H and O–H groups in total. The Balaban J connectivity index is 1.40. The number of para-hydroxylation sites is 2. The standard InChI is InChI=1S/C21H30N6O3S/c1-4-25(5-2)20(28)26-12-10-24(11-13-26)15-27-21(31)23(3)19(22-27)18-14-29-16-8-6-7-9-17(16)30-18/h6-9,18H,4-5,10-15H2,1-3H3. The van der Waals surface area contributed by atoms with Crippen LogP contribution in [-0.4, -0.2) is 81.0 Å². The Morgan fingerprint density at radius 2 is 1.84 bits per heavy atom. The van der Waals surface area contributed by atoms with Crippen molar-refractivity contribution in [3.8, 4) is 11.5 Å². The highest BCUT2D eigenvalue weighted by atomic mass is 32.1. The summed E-state index contributed by atoms with van der Waals surface area (Å²) in [7, 11) is 1.91. The number of nitrogens with zero attached hydrogens (tertiary/aromatic N) is 6. The molecule has 0 saturated carbocycles. The number of benzene rings is 1. The molecule has 0 radical (unpaired) electrons. The highest BCUT2D eigenvalue weighted by Gasteiger charge is 2.28. The lowest BCUT2D eigenvalue weighted by atomic mass is 10.2. The SMILES string of the molecule is CCN(CC)C(=O)N1CCN(Cn2nc(C3COc4ccccc4O3)n(C)c2=S)CC1. The molecule has 1 aromatic carbocycles. The molecule has 1 unspecified atom stereocenters. The van der Waals surface area contributed by atoms with Crippen LogP contribution in [0, 0.1) is 4.77 Å². The molecule has 2 aromatic rings. The minimum absolute atomic E-state index is 0.121. The van der Waals surface area contributed by atoms with E-state index >= 15 is 0 Å². The predicted molar refractivity (Wildman–Crippen MR) is 119 cm³/mol. The monoisotopic (exact) mass is 446 g/mol. The normalized spacial score (nSPS) is 18.8. The molecule has 0 spiro atoms. The molecule has 2 aliphatic rings. The van der Waals surface area contributed by atoms with E-state index in [1.165, 1.54) is 0 Å². The summed E-state index contributed by atoms with van der Waals surface area (Å²) in [5.41, 5.74) is 0. The quantitative estimate of drug-likeness (QED) is 0.658. The molecule has 0 bridgehead atoms. The van der Waals surface area contributed by atoms with Crippen LogP contribution in [0.3, 0.4) is 0 Å². The lowest BCUT2D eigenvalue weighted by Gasteiger charge is -2.36. The zero-order valence-corrected chi connectivity index (χ0v) is 19.2. The molecule has 2 aliphatic heterocycles. The summed E-state index contributed by atoms with van der Waals surface area (Å²) in [6.45, 7) is 9.46. The number of urea groups is 1. The van der Waals surface area contributed by atoms with Crippen LogP contribution >= 0.6 is 12.2 Å². The fraction of sp³-hybridized carbons (Fsp3) is 0.571. The summed E-state index contributed by atoms with van der Waals surface area (Å²) in [6, 6.07) is 7.76. The third-order valence-electron chi connectivity index (χ3n) is 5.88. The number of hydrogen-bond donors (Lipinski definition) is 0. The number of amides is 2. The van der Waals surface area contributed by atoms with Gasteiger partial charge in [-0.3, -0.25) is 4.90 Å². The predicted octanol–water partition coefficient (Wildman–Crippen LogP) is 2.50. The molecule has 9 nitrogen and oxygen atoms in total. The van der Waals surface area contributed by atoms with Crippen molar-refractivity contribution in [3.05, 3.63) is 34.9 Å². The summed E-state index contributed by atoms with van der Waals surface area (Å²) < 4.78 is 16.3. The van der Waals surface area contributed by atoms with Gasteiger partial charge in [-0.1, -0.05) is 12.1 Å². The average molecular weight is 447 g/mol. The molecular weight excluding hydrogens is 416 g/mol. The molecule has 1 atom stereocenters. The number of fused-ring (bicyclic) bond motifs is 1. The van der Waals surface area contributed by atoms with Gasteiger partial charge < -0.3 is 23.8 Å². The second-order valence-electron chi connectivity index (χ2n) is 7.76. The number of rotatable bonds is 5. The smallest absolute Gasteiger partial charge is 0.320 e. The van der Waals surface area contributed by atoms with Gasteiger partial charge in [-0.15, -0.1) is 0 Å². The second-order valence-corrected chi connectivity index (χ2v) is 8.13. The number of ether oxygens (including phenoxy) is 2. The Kier molecular flexibility index (Phi) is 6.47. The van der Waals surface area contributed by atoms with Gasteiger partial charge in [-0.05, 0) is 38.2 Å². The van der Waals surface area contributed by atoms with Gasteiger partial charge in [-0.2, -0.15) is 5.10 Å². The van der Waals surface area contributed by atoms with Crippen molar-refractivity contribution in [2.75, 3.05) is 45.9 Å².